The van der Waals surface area contributed by atoms with Crippen LogP contribution in [0.15, 0.2) is 12.2 Å². The lowest BCUT2D eigenvalue weighted by atomic mass is 9.93. The fourth-order valence-electron chi connectivity index (χ4n) is 4.87. The molecule has 1 saturated carbocycles. The monoisotopic (exact) mass is 371 g/mol. The van der Waals surface area contributed by atoms with Gasteiger partial charge in [0.05, 0.1) is 11.3 Å². The molecule has 3 atom stereocenters. The quantitative estimate of drug-likeness (QED) is 0.774. The molecule has 3 aliphatic rings. The van der Waals surface area contributed by atoms with Crippen molar-refractivity contribution >= 4 is 11.9 Å². The van der Waals surface area contributed by atoms with E-state index in [9.17, 15) is 9.59 Å². The zero-order valence-corrected chi connectivity index (χ0v) is 16.4. The third-order valence-electron chi connectivity index (χ3n) is 6.47. The smallest absolute Gasteiger partial charge is 0.317 e. The van der Waals surface area contributed by atoms with E-state index in [0.29, 0.717) is 49.5 Å². The van der Waals surface area contributed by atoms with Crippen LogP contribution in [-0.2, 0) is 7.05 Å². The Morgan fingerprint density at radius 1 is 1.33 bits per heavy atom. The molecule has 4 rings (SSSR count). The zero-order valence-electron chi connectivity index (χ0n) is 16.4. The number of carbonyl (C=O) groups is 2. The van der Waals surface area contributed by atoms with E-state index in [4.69, 9.17) is 0 Å². The standard InChI is InChI=1S/C20H29N5O2/c1-13-18(14(2)23(3)22-13)19(26)25(9-8-24-7-6-21-20(24)27)12-17-11-15-4-5-16(17)10-15/h4-5,15-17H,6-12H2,1-3H3,(H,21,27)/t15-,16+,17-/m1/s1. The number of rotatable bonds is 6. The Bertz CT molecular complexity index is 784. The van der Waals surface area contributed by atoms with Gasteiger partial charge in [-0.2, -0.15) is 5.10 Å². The Kier molecular flexibility index (Phi) is 4.70. The van der Waals surface area contributed by atoms with Crippen LogP contribution >= 0.6 is 0 Å². The molecule has 2 bridgehead atoms. The summed E-state index contributed by atoms with van der Waals surface area (Å²) in [6.07, 6.45) is 7.06. The van der Waals surface area contributed by atoms with Crippen molar-refractivity contribution < 1.29 is 9.59 Å². The van der Waals surface area contributed by atoms with Crippen molar-refractivity contribution in [3.05, 3.63) is 29.1 Å². The van der Waals surface area contributed by atoms with Gasteiger partial charge in [-0.15, -0.1) is 0 Å². The highest BCUT2D eigenvalue weighted by Gasteiger charge is 2.38. The molecule has 1 aromatic rings. The van der Waals surface area contributed by atoms with Gasteiger partial charge in [-0.3, -0.25) is 9.48 Å². The van der Waals surface area contributed by atoms with E-state index in [0.717, 1.165) is 17.9 Å². The number of carbonyl (C=O) groups excluding carboxylic acids is 2. The first-order valence-corrected chi connectivity index (χ1v) is 9.94. The highest BCUT2D eigenvalue weighted by Crippen LogP contribution is 2.43. The van der Waals surface area contributed by atoms with E-state index in [-0.39, 0.29) is 11.9 Å². The molecule has 2 fully saturated rings. The number of aromatic nitrogens is 2. The maximum absolute atomic E-state index is 13.4. The summed E-state index contributed by atoms with van der Waals surface area (Å²) < 4.78 is 1.77. The summed E-state index contributed by atoms with van der Waals surface area (Å²) in [6, 6.07) is -0.0287. The largest absolute Gasteiger partial charge is 0.336 e. The number of hydrogen-bond donors (Lipinski definition) is 1. The molecule has 0 spiro atoms. The number of hydrogen-bond acceptors (Lipinski definition) is 3. The number of amides is 3. The van der Waals surface area contributed by atoms with E-state index < -0.39 is 0 Å². The first-order chi connectivity index (χ1) is 12.9. The van der Waals surface area contributed by atoms with Crippen molar-refractivity contribution in [3.8, 4) is 0 Å². The number of urea groups is 1. The average Bonchev–Trinajstić information content (AvgIpc) is 3.39. The van der Waals surface area contributed by atoms with E-state index in [1.54, 1.807) is 9.58 Å². The van der Waals surface area contributed by atoms with Gasteiger partial charge < -0.3 is 15.1 Å². The van der Waals surface area contributed by atoms with Crippen LogP contribution in [0, 0.1) is 31.6 Å². The van der Waals surface area contributed by atoms with Crippen LogP contribution in [0.2, 0.25) is 0 Å². The lowest BCUT2D eigenvalue weighted by Gasteiger charge is -2.30. The van der Waals surface area contributed by atoms with Gasteiger partial charge in [0, 0.05) is 45.5 Å². The molecule has 3 amide bonds. The van der Waals surface area contributed by atoms with Crippen LogP contribution in [0.4, 0.5) is 4.79 Å². The second-order valence-corrected chi connectivity index (χ2v) is 8.18. The molecule has 0 unspecified atom stereocenters. The molecule has 27 heavy (non-hydrogen) atoms. The van der Waals surface area contributed by atoms with Gasteiger partial charge in [-0.1, -0.05) is 12.2 Å². The van der Waals surface area contributed by atoms with E-state index in [1.165, 1.54) is 12.8 Å². The summed E-state index contributed by atoms with van der Waals surface area (Å²) in [5, 5.41) is 7.25. The van der Waals surface area contributed by atoms with Crippen LogP contribution in [0.3, 0.4) is 0 Å². The number of fused-ring (bicyclic) bond motifs is 2. The highest BCUT2D eigenvalue weighted by atomic mass is 16.2. The number of nitrogens with zero attached hydrogens (tertiary/aromatic N) is 4. The Balaban J connectivity index is 1.52. The molecule has 0 aromatic carbocycles. The fourth-order valence-corrected chi connectivity index (χ4v) is 4.87. The van der Waals surface area contributed by atoms with Crippen LogP contribution in [0.1, 0.15) is 34.6 Å². The summed E-state index contributed by atoms with van der Waals surface area (Å²) in [6.45, 7) is 7.14. The Morgan fingerprint density at radius 3 is 2.70 bits per heavy atom. The molecule has 7 nitrogen and oxygen atoms in total. The van der Waals surface area contributed by atoms with E-state index in [1.807, 2.05) is 25.8 Å². The molecule has 2 aliphatic carbocycles. The van der Waals surface area contributed by atoms with Crippen molar-refractivity contribution in [2.75, 3.05) is 32.7 Å². The van der Waals surface area contributed by atoms with Crippen LogP contribution < -0.4 is 5.32 Å². The number of aryl methyl sites for hydroxylation is 2. The van der Waals surface area contributed by atoms with Gasteiger partial charge in [0.25, 0.3) is 5.91 Å². The number of nitrogens with one attached hydrogen (secondary N) is 1. The molecule has 1 aromatic heterocycles. The number of allylic oxidation sites excluding steroid dienone is 2. The molecule has 1 N–H and O–H groups in total. The molecule has 1 aliphatic heterocycles. The van der Waals surface area contributed by atoms with Crippen molar-refractivity contribution in [1.82, 2.24) is 24.9 Å². The highest BCUT2D eigenvalue weighted by molar-refractivity contribution is 5.96. The summed E-state index contributed by atoms with van der Waals surface area (Å²) in [5.74, 6) is 1.85. The van der Waals surface area contributed by atoms with Gasteiger partial charge in [0.15, 0.2) is 0 Å². The van der Waals surface area contributed by atoms with Crippen LogP contribution in [-0.4, -0.2) is 64.2 Å². The molecule has 2 heterocycles. The van der Waals surface area contributed by atoms with Crippen molar-refractivity contribution in [2.45, 2.75) is 26.7 Å². The minimum Gasteiger partial charge on any atom is -0.336 e. The van der Waals surface area contributed by atoms with Crippen LogP contribution in [0.25, 0.3) is 0 Å². The molecular formula is C20H29N5O2. The van der Waals surface area contributed by atoms with Crippen molar-refractivity contribution in [2.24, 2.45) is 24.8 Å². The van der Waals surface area contributed by atoms with E-state index in [2.05, 4.69) is 22.6 Å². The average molecular weight is 371 g/mol. The summed E-state index contributed by atoms with van der Waals surface area (Å²) in [7, 11) is 1.87. The van der Waals surface area contributed by atoms with Gasteiger partial charge in [0.2, 0.25) is 0 Å². The van der Waals surface area contributed by atoms with Gasteiger partial charge in [-0.05, 0) is 44.4 Å². The first-order valence-electron chi connectivity index (χ1n) is 9.94. The van der Waals surface area contributed by atoms with Gasteiger partial charge in [0.1, 0.15) is 0 Å². The predicted molar refractivity (Wildman–Crippen MR) is 102 cm³/mol. The predicted octanol–water partition coefficient (Wildman–Crippen LogP) is 1.72. The molecule has 7 heteroatoms. The molecule has 146 valence electrons. The van der Waals surface area contributed by atoms with Crippen molar-refractivity contribution in [1.29, 1.82) is 0 Å². The molecule has 0 radical (unpaired) electrons. The van der Waals surface area contributed by atoms with Crippen molar-refractivity contribution in [3.63, 3.8) is 0 Å². The lowest BCUT2D eigenvalue weighted by Crippen LogP contribution is -2.43. The summed E-state index contributed by atoms with van der Waals surface area (Å²) in [5.41, 5.74) is 2.38. The minimum atomic E-state index is -0.0287. The normalized spacial score (nSPS) is 26.1. The topological polar surface area (TPSA) is 70.5 Å². The summed E-state index contributed by atoms with van der Waals surface area (Å²) >= 11 is 0. The fraction of sp³-hybridized carbons (Fsp3) is 0.650. The second kappa shape index (κ2) is 7.02. The van der Waals surface area contributed by atoms with Crippen LogP contribution in [0.5, 0.6) is 0 Å². The third kappa shape index (κ3) is 3.35. The maximum atomic E-state index is 13.4. The van der Waals surface area contributed by atoms with E-state index >= 15 is 0 Å². The zero-order chi connectivity index (χ0) is 19.1. The Morgan fingerprint density at radius 2 is 2.15 bits per heavy atom. The summed E-state index contributed by atoms with van der Waals surface area (Å²) in [4.78, 5) is 29.0. The first kappa shape index (κ1) is 18.1. The Labute approximate surface area is 160 Å². The lowest BCUT2D eigenvalue weighted by molar-refractivity contribution is 0.0704. The third-order valence-corrected chi connectivity index (χ3v) is 6.47. The SMILES string of the molecule is Cc1nn(C)c(C)c1C(=O)N(CCN1CCNC1=O)C[C@H]1C[C@@H]2C=C[C@H]1C2. The Hall–Kier alpha value is -2.31. The van der Waals surface area contributed by atoms with Gasteiger partial charge in [-0.25, -0.2) is 4.79 Å². The maximum Gasteiger partial charge on any atom is 0.317 e. The minimum absolute atomic E-state index is 0.0287. The molecule has 1 saturated heterocycles. The molecular weight excluding hydrogens is 342 g/mol. The van der Waals surface area contributed by atoms with Gasteiger partial charge >= 0.3 is 6.03 Å². The second-order valence-electron chi connectivity index (χ2n) is 8.18.